The average Bonchev–Trinajstić information content (AvgIpc) is 2.86. The number of amides is 1. The van der Waals surface area contributed by atoms with Crippen LogP contribution in [-0.2, 0) is 18.4 Å². The summed E-state index contributed by atoms with van der Waals surface area (Å²) in [6, 6.07) is 9.53. The Bertz CT molecular complexity index is 694. The number of aromatic nitrogens is 2. The van der Waals surface area contributed by atoms with Gasteiger partial charge in [-0.25, -0.2) is 0 Å². The van der Waals surface area contributed by atoms with Gasteiger partial charge in [0.05, 0.1) is 17.7 Å². The van der Waals surface area contributed by atoms with Crippen LogP contribution in [0.25, 0.3) is 0 Å². The second-order valence-electron chi connectivity index (χ2n) is 5.68. The van der Waals surface area contributed by atoms with Gasteiger partial charge >= 0.3 is 5.97 Å². The number of nitrogens with zero attached hydrogens (tertiary/aromatic N) is 3. The lowest BCUT2D eigenvalue weighted by Crippen LogP contribution is -2.36. The van der Waals surface area contributed by atoms with Crippen LogP contribution in [0.15, 0.2) is 36.5 Å². The van der Waals surface area contributed by atoms with Crippen molar-refractivity contribution >= 4 is 11.9 Å². The van der Waals surface area contributed by atoms with Crippen molar-refractivity contribution < 1.29 is 14.7 Å². The highest BCUT2D eigenvalue weighted by molar-refractivity contribution is 5.95. The Hall–Kier alpha value is -2.63. The van der Waals surface area contributed by atoms with Gasteiger partial charge < -0.3 is 10.0 Å². The van der Waals surface area contributed by atoms with Crippen molar-refractivity contribution in [2.24, 2.45) is 13.0 Å². The van der Waals surface area contributed by atoms with Crippen molar-refractivity contribution in [2.45, 2.75) is 20.4 Å². The largest absolute Gasteiger partial charge is 0.481 e. The maximum absolute atomic E-state index is 12.8. The quantitative estimate of drug-likeness (QED) is 0.885. The van der Waals surface area contributed by atoms with Gasteiger partial charge in [-0.15, -0.1) is 0 Å². The Morgan fingerprint density at radius 1 is 1.30 bits per heavy atom. The molecular weight excluding hydrogens is 294 g/mol. The highest BCUT2D eigenvalue weighted by Gasteiger charge is 2.24. The second kappa shape index (κ2) is 7.09. The van der Waals surface area contributed by atoms with Crippen LogP contribution in [-0.4, -0.2) is 38.2 Å². The molecule has 0 saturated heterocycles. The summed E-state index contributed by atoms with van der Waals surface area (Å²) in [6.07, 6.45) is 1.53. The van der Waals surface area contributed by atoms with E-state index in [2.05, 4.69) is 5.10 Å². The van der Waals surface area contributed by atoms with Gasteiger partial charge in [0.2, 0.25) is 0 Å². The number of hydrogen-bond donors (Lipinski definition) is 1. The second-order valence-corrected chi connectivity index (χ2v) is 5.68. The van der Waals surface area contributed by atoms with E-state index in [0.29, 0.717) is 12.1 Å². The first-order chi connectivity index (χ1) is 10.9. The van der Waals surface area contributed by atoms with Crippen LogP contribution in [0.2, 0.25) is 0 Å². The molecule has 0 radical (unpaired) electrons. The van der Waals surface area contributed by atoms with Gasteiger partial charge in [-0.05, 0) is 12.5 Å². The summed E-state index contributed by atoms with van der Waals surface area (Å²) in [6.45, 7) is 3.94. The predicted molar refractivity (Wildman–Crippen MR) is 85.9 cm³/mol. The van der Waals surface area contributed by atoms with Crippen LogP contribution in [0, 0.1) is 12.8 Å². The molecule has 0 spiro atoms. The monoisotopic (exact) mass is 315 g/mol. The molecule has 23 heavy (non-hydrogen) atoms. The van der Waals surface area contributed by atoms with E-state index < -0.39 is 11.9 Å². The molecule has 6 heteroatoms. The fourth-order valence-corrected chi connectivity index (χ4v) is 2.31. The minimum Gasteiger partial charge on any atom is -0.481 e. The summed E-state index contributed by atoms with van der Waals surface area (Å²) < 4.78 is 1.63. The minimum absolute atomic E-state index is 0.150. The molecule has 1 amide bonds. The molecule has 0 aliphatic carbocycles. The van der Waals surface area contributed by atoms with Gasteiger partial charge in [-0.3, -0.25) is 14.3 Å². The Morgan fingerprint density at radius 3 is 2.48 bits per heavy atom. The topological polar surface area (TPSA) is 75.4 Å². The van der Waals surface area contributed by atoms with Gasteiger partial charge in [0.25, 0.3) is 5.91 Å². The number of aryl methyl sites for hydroxylation is 1. The van der Waals surface area contributed by atoms with E-state index in [1.54, 1.807) is 23.6 Å². The molecular formula is C17H21N3O3. The number of carboxylic acid groups (broad SMARTS) is 1. The van der Waals surface area contributed by atoms with Crippen molar-refractivity contribution in [2.75, 3.05) is 6.54 Å². The van der Waals surface area contributed by atoms with Crippen molar-refractivity contribution in [1.29, 1.82) is 0 Å². The maximum atomic E-state index is 12.8. The molecule has 2 rings (SSSR count). The van der Waals surface area contributed by atoms with Crippen molar-refractivity contribution in [3.8, 4) is 0 Å². The van der Waals surface area contributed by atoms with Gasteiger partial charge in [0.1, 0.15) is 0 Å². The fraction of sp³-hybridized carbons (Fsp3) is 0.353. The molecule has 1 N–H and O–H groups in total. The number of carbonyl (C=O) groups excluding carboxylic acids is 1. The number of benzene rings is 1. The molecule has 0 aliphatic rings. The number of rotatable bonds is 6. The molecule has 6 nitrogen and oxygen atoms in total. The molecule has 1 aromatic carbocycles. The van der Waals surface area contributed by atoms with E-state index in [1.807, 2.05) is 37.3 Å². The standard InChI is InChI=1S/C17H21N3O3/c1-12(17(22)23)10-20(11-14-7-5-4-6-8-14)16(21)15-9-18-19(3)13(15)2/h4-9,12H,10-11H2,1-3H3,(H,22,23)/t12-/m0/s1. The molecule has 0 aliphatic heterocycles. The highest BCUT2D eigenvalue weighted by atomic mass is 16.4. The number of carbonyl (C=O) groups is 2. The molecule has 1 aromatic heterocycles. The van der Waals surface area contributed by atoms with Gasteiger partial charge in [0, 0.05) is 25.8 Å². The molecule has 1 heterocycles. The first kappa shape index (κ1) is 16.7. The summed E-state index contributed by atoms with van der Waals surface area (Å²) in [5.41, 5.74) is 2.22. The lowest BCUT2D eigenvalue weighted by molar-refractivity contribution is -0.141. The van der Waals surface area contributed by atoms with E-state index in [-0.39, 0.29) is 12.5 Å². The summed E-state index contributed by atoms with van der Waals surface area (Å²) >= 11 is 0. The number of aliphatic carboxylic acids is 1. The summed E-state index contributed by atoms with van der Waals surface area (Å²) in [5, 5.41) is 13.2. The van der Waals surface area contributed by atoms with E-state index in [1.165, 1.54) is 6.20 Å². The highest BCUT2D eigenvalue weighted by Crippen LogP contribution is 2.15. The predicted octanol–water partition coefficient (Wildman–Crippen LogP) is 2.09. The van der Waals surface area contributed by atoms with Crippen LogP contribution >= 0.6 is 0 Å². The van der Waals surface area contributed by atoms with Crippen molar-refractivity contribution in [3.05, 3.63) is 53.3 Å². The molecule has 0 unspecified atom stereocenters. The zero-order valence-corrected chi connectivity index (χ0v) is 13.6. The summed E-state index contributed by atoms with van der Waals surface area (Å²) in [5.74, 6) is -1.76. The third-order valence-corrected chi connectivity index (χ3v) is 3.88. The molecule has 0 bridgehead atoms. The Labute approximate surface area is 135 Å². The third kappa shape index (κ3) is 3.97. The van der Waals surface area contributed by atoms with Gasteiger partial charge in [-0.1, -0.05) is 37.3 Å². The zero-order valence-electron chi connectivity index (χ0n) is 13.6. The fourth-order valence-electron chi connectivity index (χ4n) is 2.31. The Balaban J connectivity index is 2.26. The average molecular weight is 315 g/mol. The van der Waals surface area contributed by atoms with Crippen LogP contribution in [0.5, 0.6) is 0 Å². The van der Waals surface area contributed by atoms with Crippen LogP contribution in [0.1, 0.15) is 28.5 Å². The van der Waals surface area contributed by atoms with Crippen LogP contribution in [0.4, 0.5) is 0 Å². The minimum atomic E-state index is -0.918. The third-order valence-electron chi connectivity index (χ3n) is 3.88. The summed E-state index contributed by atoms with van der Waals surface area (Å²) in [4.78, 5) is 25.6. The Morgan fingerprint density at radius 2 is 1.96 bits per heavy atom. The van der Waals surface area contributed by atoms with Gasteiger partial charge in [0.15, 0.2) is 0 Å². The molecule has 0 fully saturated rings. The molecule has 2 aromatic rings. The number of hydrogen-bond acceptors (Lipinski definition) is 3. The molecule has 0 saturated carbocycles. The van der Waals surface area contributed by atoms with Crippen molar-refractivity contribution in [1.82, 2.24) is 14.7 Å². The van der Waals surface area contributed by atoms with E-state index in [0.717, 1.165) is 11.3 Å². The van der Waals surface area contributed by atoms with Crippen LogP contribution < -0.4 is 0 Å². The Kier molecular flexibility index (Phi) is 5.16. The first-order valence-corrected chi connectivity index (χ1v) is 7.44. The van der Waals surface area contributed by atoms with Gasteiger partial charge in [-0.2, -0.15) is 5.10 Å². The van der Waals surface area contributed by atoms with E-state index in [4.69, 9.17) is 5.11 Å². The smallest absolute Gasteiger partial charge is 0.308 e. The van der Waals surface area contributed by atoms with Crippen molar-refractivity contribution in [3.63, 3.8) is 0 Å². The van der Waals surface area contributed by atoms with Crippen LogP contribution in [0.3, 0.4) is 0 Å². The lowest BCUT2D eigenvalue weighted by Gasteiger charge is -2.24. The maximum Gasteiger partial charge on any atom is 0.308 e. The first-order valence-electron chi connectivity index (χ1n) is 7.44. The SMILES string of the molecule is Cc1c(C(=O)N(Cc2ccccc2)C[C@H](C)C(=O)O)cnn1C. The normalized spacial score (nSPS) is 12.0. The van der Waals surface area contributed by atoms with E-state index in [9.17, 15) is 9.59 Å². The molecule has 1 atom stereocenters. The summed E-state index contributed by atoms with van der Waals surface area (Å²) in [7, 11) is 1.77. The lowest BCUT2D eigenvalue weighted by atomic mass is 10.1. The zero-order chi connectivity index (χ0) is 17.0. The van der Waals surface area contributed by atoms with E-state index >= 15 is 0 Å². The molecule has 122 valence electrons. The number of carboxylic acids is 1.